The Bertz CT molecular complexity index is 1340. The maximum Gasteiger partial charge on any atom is 0.318 e. The van der Waals surface area contributed by atoms with Crippen LogP contribution in [0.2, 0.25) is 0 Å². The Kier molecular flexibility index (Phi) is 5.38. The molecule has 0 spiro atoms. The smallest absolute Gasteiger partial charge is 0.318 e. The predicted molar refractivity (Wildman–Crippen MR) is 124 cm³/mol. The molecule has 0 aliphatic carbocycles. The van der Waals surface area contributed by atoms with E-state index in [4.69, 9.17) is 4.74 Å². The molecule has 1 amide bonds. The van der Waals surface area contributed by atoms with Gasteiger partial charge in [0, 0.05) is 24.0 Å². The Morgan fingerprint density at radius 3 is 2.71 bits per heavy atom. The average molecular weight is 481 g/mol. The number of thiophene rings is 1. The normalized spacial score (nSPS) is 17.2. The summed E-state index contributed by atoms with van der Waals surface area (Å²) < 4.78 is 5.70. The fourth-order valence-electron chi connectivity index (χ4n) is 4.14. The average Bonchev–Trinajstić information content (AvgIpc) is 3.17. The fourth-order valence-corrected chi connectivity index (χ4v) is 5.50. The summed E-state index contributed by atoms with van der Waals surface area (Å²) in [7, 11) is 2.05. The summed E-state index contributed by atoms with van der Waals surface area (Å²) in [6, 6.07) is 10.00. The molecule has 0 bridgehead atoms. The summed E-state index contributed by atoms with van der Waals surface area (Å²) in [5, 5.41) is 29.6. The Hall–Kier alpha value is -4.03. The van der Waals surface area contributed by atoms with Gasteiger partial charge in [-0.3, -0.25) is 25.0 Å². The monoisotopic (exact) mass is 481 g/mol. The van der Waals surface area contributed by atoms with Crippen molar-refractivity contribution < 1.29 is 19.4 Å². The van der Waals surface area contributed by atoms with E-state index in [1.807, 2.05) is 0 Å². The van der Waals surface area contributed by atoms with Gasteiger partial charge in [0.15, 0.2) is 0 Å². The highest BCUT2D eigenvalue weighted by Gasteiger charge is 2.33. The maximum atomic E-state index is 12.9. The minimum atomic E-state index is -0.730. The molecule has 11 nitrogen and oxygen atoms in total. The largest absolute Gasteiger partial charge is 0.450 e. The van der Waals surface area contributed by atoms with E-state index in [1.54, 1.807) is 35.6 Å². The topological polar surface area (TPSA) is 140 Å². The van der Waals surface area contributed by atoms with E-state index in [-0.39, 0.29) is 11.7 Å². The number of nitrogens with zero attached hydrogens (tertiary/aromatic N) is 3. The van der Waals surface area contributed by atoms with Crippen molar-refractivity contribution in [1.82, 2.24) is 10.2 Å². The molecule has 1 aromatic heterocycles. The number of anilines is 1. The first kappa shape index (κ1) is 21.8. The third-order valence-corrected chi connectivity index (χ3v) is 6.94. The number of hydrogen-bond acceptors (Lipinski definition) is 9. The molecule has 2 aliphatic rings. The van der Waals surface area contributed by atoms with Crippen LogP contribution < -0.4 is 15.4 Å². The first-order valence-electron chi connectivity index (χ1n) is 10.4. The first-order chi connectivity index (χ1) is 16.3. The molecule has 0 radical (unpaired) electrons. The van der Waals surface area contributed by atoms with Crippen LogP contribution in [0.1, 0.15) is 32.5 Å². The Labute approximate surface area is 197 Å². The maximum absolute atomic E-state index is 12.9. The lowest BCUT2D eigenvalue weighted by atomic mass is 10.0. The van der Waals surface area contributed by atoms with Crippen LogP contribution >= 0.6 is 11.3 Å². The number of likely N-dealkylation sites (N-methyl/N-ethyl adjacent to an activating group) is 1. The van der Waals surface area contributed by atoms with E-state index in [2.05, 4.69) is 22.6 Å². The highest BCUT2D eigenvalue weighted by atomic mass is 32.1. The molecular formula is C22H19N5O6S. The first-order valence-corrected chi connectivity index (χ1v) is 11.2. The summed E-state index contributed by atoms with van der Waals surface area (Å²) in [4.78, 5) is 37.3. The lowest BCUT2D eigenvalue weighted by Gasteiger charge is -2.27. The molecular weight excluding hydrogens is 462 g/mol. The molecule has 1 atom stereocenters. The molecule has 2 aliphatic heterocycles. The highest BCUT2D eigenvalue weighted by Crippen LogP contribution is 2.41. The van der Waals surface area contributed by atoms with Crippen molar-refractivity contribution in [3.05, 3.63) is 84.3 Å². The zero-order valence-electron chi connectivity index (χ0n) is 17.9. The number of nitro benzene ring substituents is 2. The standard InChI is InChI=1S/C22H19N5O6S/c1-25-8-7-15-18(11-25)34-22-19(15)21(28)23-20(24-22)12-3-2-4-14(9-12)33-17-6-5-13(26(29)30)10-16(17)27(31)32/h2-6,9-10,20,24H,7-8,11H2,1H3,(H,23,28). The van der Waals surface area contributed by atoms with Crippen LogP contribution in [-0.4, -0.2) is 34.2 Å². The number of carbonyl (C=O) groups is 1. The minimum Gasteiger partial charge on any atom is -0.450 e. The van der Waals surface area contributed by atoms with E-state index in [1.165, 1.54) is 10.9 Å². The van der Waals surface area contributed by atoms with Crippen LogP contribution in [0, 0.1) is 20.2 Å². The van der Waals surface area contributed by atoms with Crippen molar-refractivity contribution in [3.63, 3.8) is 0 Å². The summed E-state index contributed by atoms with van der Waals surface area (Å²) in [5.41, 5.74) is 1.59. The van der Waals surface area contributed by atoms with Crippen LogP contribution in [-0.2, 0) is 13.0 Å². The van der Waals surface area contributed by atoms with Gasteiger partial charge in [-0.2, -0.15) is 0 Å². The number of benzene rings is 2. The summed E-state index contributed by atoms with van der Waals surface area (Å²) >= 11 is 1.58. The zero-order chi connectivity index (χ0) is 24.0. The summed E-state index contributed by atoms with van der Waals surface area (Å²) in [6.07, 6.45) is 0.322. The van der Waals surface area contributed by atoms with E-state index in [0.29, 0.717) is 16.9 Å². The van der Waals surface area contributed by atoms with Crippen molar-refractivity contribution in [2.75, 3.05) is 18.9 Å². The number of non-ortho nitro benzene ring substituents is 1. The molecule has 0 saturated heterocycles. The van der Waals surface area contributed by atoms with E-state index >= 15 is 0 Å². The molecule has 0 fully saturated rings. The number of carbonyl (C=O) groups excluding carboxylic acids is 1. The van der Waals surface area contributed by atoms with Gasteiger partial charge in [0.2, 0.25) is 5.75 Å². The molecule has 3 aromatic rings. The van der Waals surface area contributed by atoms with Crippen molar-refractivity contribution in [2.45, 2.75) is 19.1 Å². The number of fused-ring (bicyclic) bond motifs is 3. The van der Waals surface area contributed by atoms with Crippen molar-refractivity contribution in [2.24, 2.45) is 0 Å². The van der Waals surface area contributed by atoms with Gasteiger partial charge in [0.05, 0.1) is 21.5 Å². The molecule has 1 unspecified atom stereocenters. The SMILES string of the molecule is CN1CCc2c(sc3c2C(=O)NC(c2cccc(Oc4ccc([N+](=O)[O-])cc4[N+](=O)[O-])c2)N3)C1. The van der Waals surface area contributed by atoms with Gasteiger partial charge in [-0.25, -0.2) is 0 Å². The predicted octanol–water partition coefficient (Wildman–Crippen LogP) is 4.20. The van der Waals surface area contributed by atoms with Crippen LogP contribution in [0.5, 0.6) is 11.5 Å². The highest BCUT2D eigenvalue weighted by molar-refractivity contribution is 7.16. The summed E-state index contributed by atoms with van der Waals surface area (Å²) in [6.45, 7) is 1.71. The minimum absolute atomic E-state index is 0.120. The fraction of sp³-hybridized carbons (Fsp3) is 0.227. The van der Waals surface area contributed by atoms with E-state index < -0.39 is 27.4 Å². The molecule has 3 heterocycles. The van der Waals surface area contributed by atoms with Gasteiger partial charge < -0.3 is 20.3 Å². The number of ether oxygens (including phenoxy) is 1. The zero-order valence-corrected chi connectivity index (χ0v) is 18.8. The molecule has 2 N–H and O–H groups in total. The van der Waals surface area contributed by atoms with Crippen LogP contribution in [0.15, 0.2) is 42.5 Å². The van der Waals surface area contributed by atoms with Crippen LogP contribution in [0.4, 0.5) is 16.4 Å². The van der Waals surface area contributed by atoms with Crippen molar-refractivity contribution >= 4 is 33.6 Å². The third-order valence-electron chi connectivity index (χ3n) is 5.79. The number of hydrogen-bond donors (Lipinski definition) is 2. The van der Waals surface area contributed by atoms with E-state index in [9.17, 15) is 25.0 Å². The van der Waals surface area contributed by atoms with Gasteiger partial charge in [0.1, 0.15) is 16.9 Å². The number of nitrogens with one attached hydrogen (secondary N) is 2. The summed E-state index contributed by atoms with van der Waals surface area (Å²) in [5.74, 6) is 0.0345. The molecule has 34 heavy (non-hydrogen) atoms. The van der Waals surface area contributed by atoms with Gasteiger partial charge >= 0.3 is 5.69 Å². The van der Waals surface area contributed by atoms with E-state index in [0.717, 1.165) is 42.2 Å². The van der Waals surface area contributed by atoms with Crippen molar-refractivity contribution in [1.29, 1.82) is 0 Å². The van der Waals surface area contributed by atoms with Gasteiger partial charge in [-0.15, -0.1) is 11.3 Å². The molecule has 12 heteroatoms. The number of amides is 1. The Morgan fingerprint density at radius 1 is 1.12 bits per heavy atom. The lowest BCUT2D eigenvalue weighted by molar-refractivity contribution is -0.394. The quantitative estimate of drug-likeness (QED) is 0.408. The van der Waals surface area contributed by atoms with Gasteiger partial charge in [-0.1, -0.05) is 12.1 Å². The van der Waals surface area contributed by atoms with Crippen LogP contribution in [0.25, 0.3) is 0 Å². The van der Waals surface area contributed by atoms with Gasteiger partial charge in [0.25, 0.3) is 11.6 Å². The molecule has 2 aromatic carbocycles. The van der Waals surface area contributed by atoms with Gasteiger partial charge in [-0.05, 0) is 42.8 Å². The Morgan fingerprint density at radius 2 is 1.94 bits per heavy atom. The second-order valence-electron chi connectivity index (χ2n) is 8.09. The third kappa shape index (κ3) is 3.93. The molecule has 0 saturated carbocycles. The lowest BCUT2D eigenvalue weighted by Crippen LogP contribution is -2.38. The Balaban J connectivity index is 1.41. The second kappa shape index (κ2) is 8.39. The number of nitro groups is 2. The molecule has 174 valence electrons. The van der Waals surface area contributed by atoms with Crippen molar-refractivity contribution in [3.8, 4) is 11.5 Å². The van der Waals surface area contributed by atoms with Crippen LogP contribution in [0.3, 0.4) is 0 Å². The number of rotatable bonds is 5. The second-order valence-corrected chi connectivity index (χ2v) is 9.19. The molecule has 5 rings (SSSR count).